The smallest absolute Gasteiger partial charge is 0.162 e. The highest BCUT2D eigenvalue weighted by Gasteiger charge is 2.09. The molecular weight excluding hydrogens is 262 g/mol. The SMILES string of the molecule is CNc1cc(COC)nc(-c2cccc3ccccc23)n1. The summed E-state index contributed by atoms with van der Waals surface area (Å²) < 4.78 is 5.19. The van der Waals surface area contributed by atoms with Crippen LogP contribution in [0.15, 0.2) is 48.5 Å². The van der Waals surface area contributed by atoms with Crippen molar-refractivity contribution >= 4 is 16.6 Å². The van der Waals surface area contributed by atoms with Gasteiger partial charge in [0.1, 0.15) is 5.82 Å². The number of benzene rings is 2. The monoisotopic (exact) mass is 279 g/mol. The molecule has 0 amide bonds. The zero-order chi connectivity index (χ0) is 14.7. The second-order valence-electron chi connectivity index (χ2n) is 4.78. The van der Waals surface area contributed by atoms with Crippen molar-refractivity contribution in [3.63, 3.8) is 0 Å². The van der Waals surface area contributed by atoms with Crippen LogP contribution in [0, 0.1) is 0 Å². The molecule has 0 fully saturated rings. The number of anilines is 1. The summed E-state index contributed by atoms with van der Waals surface area (Å²) in [7, 11) is 3.52. The molecule has 0 saturated heterocycles. The van der Waals surface area contributed by atoms with Gasteiger partial charge in [0.2, 0.25) is 0 Å². The van der Waals surface area contributed by atoms with Crippen LogP contribution in [0.2, 0.25) is 0 Å². The Bertz CT molecular complexity index is 766. The molecule has 1 heterocycles. The lowest BCUT2D eigenvalue weighted by Gasteiger charge is -2.09. The third-order valence-electron chi connectivity index (χ3n) is 3.36. The van der Waals surface area contributed by atoms with E-state index < -0.39 is 0 Å². The van der Waals surface area contributed by atoms with Crippen molar-refractivity contribution in [1.82, 2.24) is 9.97 Å². The fraction of sp³-hybridized carbons (Fsp3) is 0.176. The Morgan fingerprint density at radius 2 is 1.86 bits per heavy atom. The first-order valence-electron chi connectivity index (χ1n) is 6.84. The van der Waals surface area contributed by atoms with Crippen LogP contribution in [0.3, 0.4) is 0 Å². The Balaban J connectivity index is 2.20. The zero-order valence-corrected chi connectivity index (χ0v) is 12.1. The predicted octanol–water partition coefficient (Wildman–Crippen LogP) is 3.48. The molecule has 106 valence electrons. The van der Waals surface area contributed by atoms with E-state index >= 15 is 0 Å². The zero-order valence-electron chi connectivity index (χ0n) is 12.1. The maximum atomic E-state index is 5.19. The first kappa shape index (κ1) is 13.5. The summed E-state index contributed by atoms with van der Waals surface area (Å²) >= 11 is 0. The standard InChI is InChI=1S/C17H17N3O/c1-18-16-10-13(11-21-2)19-17(20-16)15-9-5-7-12-6-3-4-8-14(12)15/h3-10H,11H2,1-2H3,(H,18,19,20). The van der Waals surface area contributed by atoms with E-state index in [4.69, 9.17) is 4.74 Å². The predicted molar refractivity (Wildman–Crippen MR) is 85.2 cm³/mol. The molecule has 0 unspecified atom stereocenters. The third kappa shape index (κ3) is 2.71. The van der Waals surface area contributed by atoms with Gasteiger partial charge in [0.25, 0.3) is 0 Å². The van der Waals surface area contributed by atoms with Gasteiger partial charge in [0.05, 0.1) is 12.3 Å². The van der Waals surface area contributed by atoms with Crippen LogP contribution in [0.4, 0.5) is 5.82 Å². The van der Waals surface area contributed by atoms with E-state index in [1.165, 1.54) is 5.39 Å². The number of methoxy groups -OCH3 is 1. The number of ether oxygens (including phenoxy) is 1. The number of aromatic nitrogens is 2. The van der Waals surface area contributed by atoms with Crippen molar-refractivity contribution < 1.29 is 4.74 Å². The molecule has 0 radical (unpaired) electrons. The Labute approximate surface area is 123 Å². The van der Waals surface area contributed by atoms with Crippen molar-refractivity contribution in [3.05, 3.63) is 54.2 Å². The summed E-state index contributed by atoms with van der Waals surface area (Å²) in [5.74, 6) is 1.51. The van der Waals surface area contributed by atoms with Gasteiger partial charge in [-0.1, -0.05) is 42.5 Å². The molecule has 2 aromatic carbocycles. The van der Waals surface area contributed by atoms with E-state index in [0.717, 1.165) is 22.5 Å². The average Bonchev–Trinajstić information content (AvgIpc) is 2.54. The first-order valence-corrected chi connectivity index (χ1v) is 6.84. The maximum Gasteiger partial charge on any atom is 0.162 e. The van der Waals surface area contributed by atoms with Crippen LogP contribution in [-0.4, -0.2) is 24.1 Å². The molecule has 0 saturated carbocycles. The van der Waals surface area contributed by atoms with Crippen LogP contribution >= 0.6 is 0 Å². The summed E-state index contributed by atoms with van der Waals surface area (Å²) in [5, 5.41) is 5.41. The summed E-state index contributed by atoms with van der Waals surface area (Å²) in [5.41, 5.74) is 1.89. The highest BCUT2D eigenvalue weighted by atomic mass is 16.5. The van der Waals surface area contributed by atoms with Crippen LogP contribution in [0.1, 0.15) is 5.69 Å². The van der Waals surface area contributed by atoms with E-state index in [9.17, 15) is 0 Å². The van der Waals surface area contributed by atoms with E-state index in [-0.39, 0.29) is 0 Å². The van der Waals surface area contributed by atoms with Gasteiger partial charge in [-0.3, -0.25) is 0 Å². The first-order chi connectivity index (χ1) is 10.3. The summed E-state index contributed by atoms with van der Waals surface area (Å²) in [6, 6.07) is 16.3. The minimum Gasteiger partial charge on any atom is -0.378 e. The van der Waals surface area contributed by atoms with E-state index in [1.807, 2.05) is 37.4 Å². The van der Waals surface area contributed by atoms with E-state index in [1.54, 1.807) is 7.11 Å². The number of rotatable bonds is 4. The second-order valence-corrected chi connectivity index (χ2v) is 4.78. The average molecular weight is 279 g/mol. The number of nitrogens with zero attached hydrogens (tertiary/aromatic N) is 2. The topological polar surface area (TPSA) is 47.0 Å². The van der Waals surface area contributed by atoms with Crippen LogP contribution < -0.4 is 5.32 Å². The van der Waals surface area contributed by atoms with Crippen LogP contribution in [0.25, 0.3) is 22.2 Å². The Kier molecular flexibility index (Phi) is 3.79. The van der Waals surface area contributed by atoms with Gasteiger partial charge < -0.3 is 10.1 Å². The minimum atomic E-state index is 0.467. The molecule has 1 N–H and O–H groups in total. The molecule has 4 heteroatoms. The Hall–Kier alpha value is -2.46. The fourth-order valence-electron chi connectivity index (χ4n) is 2.39. The van der Waals surface area contributed by atoms with Gasteiger partial charge in [-0.2, -0.15) is 0 Å². The lowest BCUT2D eigenvalue weighted by molar-refractivity contribution is 0.181. The van der Waals surface area contributed by atoms with Gasteiger partial charge in [-0.05, 0) is 10.8 Å². The van der Waals surface area contributed by atoms with Crippen LogP contribution in [-0.2, 0) is 11.3 Å². The molecule has 0 aliphatic rings. The molecule has 1 aromatic heterocycles. The van der Waals surface area contributed by atoms with Gasteiger partial charge in [0, 0.05) is 25.8 Å². The lowest BCUT2D eigenvalue weighted by Crippen LogP contribution is -2.02. The highest BCUT2D eigenvalue weighted by molar-refractivity contribution is 5.95. The quantitative estimate of drug-likeness (QED) is 0.794. The molecule has 0 spiro atoms. The lowest BCUT2D eigenvalue weighted by atomic mass is 10.0. The summed E-state index contributed by atoms with van der Waals surface area (Å²) in [6.07, 6.45) is 0. The molecule has 3 aromatic rings. The Morgan fingerprint density at radius 1 is 1.05 bits per heavy atom. The molecule has 0 bridgehead atoms. The van der Waals surface area contributed by atoms with Gasteiger partial charge in [-0.15, -0.1) is 0 Å². The second kappa shape index (κ2) is 5.89. The maximum absolute atomic E-state index is 5.19. The number of hydrogen-bond acceptors (Lipinski definition) is 4. The molecule has 4 nitrogen and oxygen atoms in total. The highest BCUT2D eigenvalue weighted by Crippen LogP contribution is 2.27. The van der Waals surface area contributed by atoms with Crippen molar-refractivity contribution in [1.29, 1.82) is 0 Å². The molecule has 0 aliphatic carbocycles. The molecule has 21 heavy (non-hydrogen) atoms. The van der Waals surface area contributed by atoms with Crippen molar-refractivity contribution in [2.24, 2.45) is 0 Å². The molecular formula is C17H17N3O. The minimum absolute atomic E-state index is 0.467. The van der Waals surface area contributed by atoms with Gasteiger partial charge in [0.15, 0.2) is 5.82 Å². The molecule has 0 aliphatic heterocycles. The van der Waals surface area contributed by atoms with Gasteiger partial charge >= 0.3 is 0 Å². The van der Waals surface area contributed by atoms with Crippen molar-refractivity contribution in [2.75, 3.05) is 19.5 Å². The summed E-state index contributed by atoms with van der Waals surface area (Å²) in [6.45, 7) is 0.467. The molecule has 3 rings (SSSR count). The normalized spacial score (nSPS) is 10.8. The third-order valence-corrected chi connectivity index (χ3v) is 3.36. The Morgan fingerprint density at radius 3 is 2.67 bits per heavy atom. The van der Waals surface area contributed by atoms with E-state index in [0.29, 0.717) is 12.4 Å². The van der Waals surface area contributed by atoms with E-state index in [2.05, 4.69) is 33.5 Å². The number of nitrogens with one attached hydrogen (secondary N) is 1. The summed E-state index contributed by atoms with van der Waals surface area (Å²) in [4.78, 5) is 9.19. The number of hydrogen-bond donors (Lipinski definition) is 1. The van der Waals surface area contributed by atoms with Crippen molar-refractivity contribution in [2.45, 2.75) is 6.61 Å². The van der Waals surface area contributed by atoms with Crippen molar-refractivity contribution in [3.8, 4) is 11.4 Å². The van der Waals surface area contributed by atoms with Gasteiger partial charge in [-0.25, -0.2) is 9.97 Å². The largest absolute Gasteiger partial charge is 0.378 e. The fourth-order valence-corrected chi connectivity index (χ4v) is 2.39. The number of fused-ring (bicyclic) bond motifs is 1. The molecule has 0 atom stereocenters. The van der Waals surface area contributed by atoms with Crippen LogP contribution in [0.5, 0.6) is 0 Å².